The van der Waals surface area contributed by atoms with E-state index in [0.717, 1.165) is 42.6 Å². The first kappa shape index (κ1) is 19.6. The third-order valence-electron chi connectivity index (χ3n) is 5.32. The number of piperazine rings is 1. The zero-order valence-corrected chi connectivity index (χ0v) is 17.9. The molecule has 6 heteroatoms. The zero-order chi connectivity index (χ0) is 20.4. The third-order valence-corrected chi connectivity index (χ3v) is 6.37. The molecule has 1 amide bonds. The van der Waals surface area contributed by atoms with Gasteiger partial charge in [0, 0.05) is 51.6 Å². The largest absolute Gasteiger partial charge is 0.378 e. The van der Waals surface area contributed by atoms with Crippen LogP contribution in [0.4, 0.5) is 11.4 Å². The highest BCUT2D eigenvalue weighted by Crippen LogP contribution is 2.31. The van der Waals surface area contributed by atoms with Gasteiger partial charge in [-0.15, -0.1) is 0 Å². The molecule has 2 heterocycles. The Labute approximate surface area is 176 Å². The average Bonchev–Trinajstić information content (AvgIpc) is 3.09. The second-order valence-corrected chi connectivity index (χ2v) is 8.57. The Morgan fingerprint density at radius 1 is 0.966 bits per heavy atom. The number of carbonyl (C=O) groups is 1. The number of amides is 1. The van der Waals surface area contributed by atoms with Crippen molar-refractivity contribution in [2.45, 2.75) is 6.92 Å². The molecule has 2 aromatic carbocycles. The van der Waals surface area contributed by atoms with Crippen molar-refractivity contribution in [3.8, 4) is 0 Å². The molecule has 5 nitrogen and oxygen atoms in total. The van der Waals surface area contributed by atoms with Crippen LogP contribution < -0.4 is 9.80 Å². The monoisotopic (exact) mass is 406 g/mol. The van der Waals surface area contributed by atoms with E-state index >= 15 is 0 Å². The standard InChI is InChI=1S/C23H26N4OS/c1-17-6-4-5-7-20(17)26-12-14-27(15-13-26)23-24-22(28)21(29-23)16-18-8-10-19(11-9-18)25(2)3/h4-11,16H,12-15H2,1-3H3/b21-16-. The summed E-state index contributed by atoms with van der Waals surface area (Å²) in [7, 11) is 4.03. The van der Waals surface area contributed by atoms with E-state index in [1.54, 1.807) is 0 Å². The van der Waals surface area contributed by atoms with Crippen molar-refractivity contribution in [1.29, 1.82) is 0 Å². The third kappa shape index (κ3) is 4.32. The highest BCUT2D eigenvalue weighted by atomic mass is 32.2. The van der Waals surface area contributed by atoms with E-state index in [1.165, 1.54) is 23.0 Å². The van der Waals surface area contributed by atoms with Crippen LogP contribution in [0.1, 0.15) is 11.1 Å². The summed E-state index contributed by atoms with van der Waals surface area (Å²) in [4.78, 5) is 24.1. The summed E-state index contributed by atoms with van der Waals surface area (Å²) in [5.41, 5.74) is 4.76. The molecule has 0 bridgehead atoms. The Balaban J connectivity index is 1.39. The molecule has 29 heavy (non-hydrogen) atoms. The van der Waals surface area contributed by atoms with E-state index in [0.29, 0.717) is 4.91 Å². The van der Waals surface area contributed by atoms with Crippen LogP contribution in [0, 0.1) is 6.92 Å². The molecule has 4 rings (SSSR count). The summed E-state index contributed by atoms with van der Waals surface area (Å²) in [6, 6.07) is 16.7. The number of aliphatic imine (C=N–C) groups is 1. The molecule has 0 atom stereocenters. The molecule has 0 aromatic heterocycles. The van der Waals surface area contributed by atoms with Gasteiger partial charge < -0.3 is 14.7 Å². The molecule has 2 aliphatic rings. The number of amidine groups is 1. The normalized spacial score (nSPS) is 18.4. The first-order chi connectivity index (χ1) is 14.0. The molecule has 1 saturated heterocycles. The summed E-state index contributed by atoms with van der Waals surface area (Å²) in [6.45, 7) is 5.77. The Morgan fingerprint density at radius 2 is 1.62 bits per heavy atom. The van der Waals surface area contributed by atoms with Gasteiger partial charge in [-0.2, -0.15) is 4.99 Å². The SMILES string of the molecule is Cc1ccccc1N1CCN(C2=NC(=O)/C(=C/c3ccc(N(C)C)cc3)S2)CC1. The minimum absolute atomic E-state index is 0.136. The number of hydrogen-bond donors (Lipinski definition) is 0. The second-order valence-electron chi connectivity index (χ2n) is 7.56. The van der Waals surface area contributed by atoms with Crippen LogP contribution in [0.3, 0.4) is 0 Å². The Morgan fingerprint density at radius 3 is 2.28 bits per heavy atom. The van der Waals surface area contributed by atoms with E-state index in [-0.39, 0.29) is 5.91 Å². The molecule has 0 N–H and O–H groups in total. The highest BCUT2D eigenvalue weighted by Gasteiger charge is 2.28. The zero-order valence-electron chi connectivity index (χ0n) is 17.1. The van der Waals surface area contributed by atoms with E-state index in [9.17, 15) is 4.79 Å². The Kier molecular flexibility index (Phi) is 5.62. The van der Waals surface area contributed by atoms with Crippen LogP contribution in [-0.4, -0.2) is 56.2 Å². The maximum atomic E-state index is 12.4. The number of aryl methyl sites for hydroxylation is 1. The van der Waals surface area contributed by atoms with Crippen molar-refractivity contribution in [1.82, 2.24) is 4.90 Å². The molecular weight excluding hydrogens is 380 g/mol. The molecule has 0 radical (unpaired) electrons. The summed E-state index contributed by atoms with van der Waals surface area (Å²) in [6.07, 6.45) is 1.94. The van der Waals surface area contributed by atoms with E-state index in [4.69, 9.17) is 0 Å². The minimum Gasteiger partial charge on any atom is -0.378 e. The first-order valence-electron chi connectivity index (χ1n) is 9.87. The van der Waals surface area contributed by atoms with Crippen molar-refractivity contribution in [3.05, 3.63) is 64.6 Å². The van der Waals surface area contributed by atoms with E-state index in [2.05, 4.69) is 63.0 Å². The molecule has 2 aliphatic heterocycles. The predicted octanol–water partition coefficient (Wildman–Crippen LogP) is 3.85. The molecule has 1 fully saturated rings. The van der Waals surface area contributed by atoms with Gasteiger partial charge in [0.05, 0.1) is 4.91 Å². The van der Waals surface area contributed by atoms with Crippen LogP contribution in [0.25, 0.3) is 6.08 Å². The molecule has 0 aliphatic carbocycles. The van der Waals surface area contributed by atoms with Gasteiger partial charge >= 0.3 is 0 Å². The fourth-order valence-corrected chi connectivity index (χ4v) is 4.58. The fourth-order valence-electron chi connectivity index (χ4n) is 3.61. The molecular formula is C23H26N4OS. The van der Waals surface area contributed by atoms with Crippen LogP contribution in [-0.2, 0) is 4.79 Å². The molecule has 0 saturated carbocycles. The summed E-state index contributed by atoms with van der Waals surface area (Å²) < 4.78 is 0. The molecule has 150 valence electrons. The first-order valence-corrected chi connectivity index (χ1v) is 10.7. The number of hydrogen-bond acceptors (Lipinski definition) is 5. The lowest BCUT2D eigenvalue weighted by atomic mass is 10.1. The number of para-hydroxylation sites is 1. The van der Waals surface area contributed by atoms with Crippen LogP contribution >= 0.6 is 11.8 Å². The summed E-state index contributed by atoms with van der Waals surface area (Å²) >= 11 is 1.49. The molecule has 0 spiro atoms. The second kappa shape index (κ2) is 8.33. The van der Waals surface area contributed by atoms with E-state index < -0.39 is 0 Å². The van der Waals surface area contributed by atoms with Gasteiger partial charge in [0.25, 0.3) is 5.91 Å². The lowest BCUT2D eigenvalue weighted by Gasteiger charge is -2.37. The number of benzene rings is 2. The van der Waals surface area contributed by atoms with Gasteiger partial charge in [-0.3, -0.25) is 4.79 Å². The Bertz CT molecular complexity index is 957. The van der Waals surface area contributed by atoms with Crippen molar-refractivity contribution in [2.75, 3.05) is 50.1 Å². The number of nitrogens with zero attached hydrogens (tertiary/aromatic N) is 4. The predicted molar refractivity (Wildman–Crippen MR) is 124 cm³/mol. The minimum atomic E-state index is -0.136. The lowest BCUT2D eigenvalue weighted by Crippen LogP contribution is -2.48. The fraction of sp³-hybridized carbons (Fsp3) is 0.304. The van der Waals surface area contributed by atoms with Crippen LogP contribution in [0.5, 0.6) is 0 Å². The topological polar surface area (TPSA) is 39.1 Å². The van der Waals surface area contributed by atoms with Gasteiger partial charge in [0.2, 0.25) is 0 Å². The summed E-state index contributed by atoms with van der Waals surface area (Å²) in [5.74, 6) is -0.136. The molecule has 2 aromatic rings. The quantitative estimate of drug-likeness (QED) is 0.724. The lowest BCUT2D eigenvalue weighted by molar-refractivity contribution is -0.113. The van der Waals surface area contributed by atoms with Gasteiger partial charge in [0.15, 0.2) is 5.17 Å². The van der Waals surface area contributed by atoms with Gasteiger partial charge in [-0.25, -0.2) is 0 Å². The van der Waals surface area contributed by atoms with Crippen molar-refractivity contribution >= 4 is 40.3 Å². The maximum Gasteiger partial charge on any atom is 0.286 e. The summed E-state index contributed by atoms with van der Waals surface area (Å²) in [5, 5.41) is 0.829. The smallest absolute Gasteiger partial charge is 0.286 e. The van der Waals surface area contributed by atoms with Crippen LogP contribution in [0.2, 0.25) is 0 Å². The average molecular weight is 407 g/mol. The van der Waals surface area contributed by atoms with Crippen molar-refractivity contribution in [2.24, 2.45) is 4.99 Å². The number of anilines is 2. The van der Waals surface area contributed by atoms with Crippen molar-refractivity contribution < 1.29 is 4.79 Å². The highest BCUT2D eigenvalue weighted by molar-refractivity contribution is 8.18. The van der Waals surface area contributed by atoms with Gasteiger partial charge in [-0.05, 0) is 54.1 Å². The van der Waals surface area contributed by atoms with Crippen LogP contribution in [0.15, 0.2) is 58.4 Å². The Hall–Kier alpha value is -2.73. The van der Waals surface area contributed by atoms with Gasteiger partial charge in [-0.1, -0.05) is 30.3 Å². The van der Waals surface area contributed by atoms with Gasteiger partial charge in [0.1, 0.15) is 0 Å². The van der Waals surface area contributed by atoms with E-state index in [1.807, 2.05) is 32.3 Å². The number of thioether (sulfide) groups is 1. The van der Waals surface area contributed by atoms with Crippen molar-refractivity contribution in [3.63, 3.8) is 0 Å². The molecule has 0 unspecified atom stereocenters. The number of carbonyl (C=O) groups excluding carboxylic acids is 1. The number of rotatable bonds is 3. The maximum absolute atomic E-state index is 12.4.